The van der Waals surface area contributed by atoms with Crippen LogP contribution in [0.4, 0.5) is 0 Å². The van der Waals surface area contributed by atoms with Gasteiger partial charge in [-0.05, 0) is 85.4 Å². The van der Waals surface area contributed by atoms with E-state index in [1.54, 1.807) is 12.1 Å². The Hall–Kier alpha value is -3.92. The fourth-order valence-electron chi connectivity index (χ4n) is 5.82. The van der Waals surface area contributed by atoms with Crippen molar-refractivity contribution in [1.29, 1.82) is 0 Å². The number of nitrogens with one attached hydrogen (secondary N) is 3. The van der Waals surface area contributed by atoms with E-state index in [0.717, 1.165) is 24.0 Å². The number of ether oxygens (including phenoxy) is 1. The van der Waals surface area contributed by atoms with Crippen LogP contribution in [0.15, 0.2) is 42.5 Å². The lowest BCUT2D eigenvalue weighted by atomic mass is 9.91. The molecule has 0 radical (unpaired) electrons. The van der Waals surface area contributed by atoms with E-state index in [0.29, 0.717) is 29.7 Å². The molecule has 4 aliphatic rings. The summed E-state index contributed by atoms with van der Waals surface area (Å²) in [6, 6.07) is 10.8. The largest absolute Gasteiger partial charge is 0.484 e. The molecule has 3 fully saturated rings. The Balaban J connectivity index is 1.19. The second-order valence-electron chi connectivity index (χ2n) is 12.0. The van der Waals surface area contributed by atoms with Crippen molar-refractivity contribution in [3.8, 4) is 5.75 Å². The van der Waals surface area contributed by atoms with Crippen LogP contribution in [0.1, 0.15) is 61.1 Å². The third-order valence-corrected chi connectivity index (χ3v) is 8.90. The number of halogens is 1. The molecule has 2 aliphatic heterocycles. The maximum absolute atomic E-state index is 13.9. The van der Waals surface area contributed by atoms with Gasteiger partial charge in [0.2, 0.25) is 17.6 Å². The molecule has 0 aromatic heterocycles. The molecule has 2 aliphatic carbocycles. The van der Waals surface area contributed by atoms with Crippen molar-refractivity contribution >= 4 is 41.0 Å². The molecule has 226 valence electrons. The monoisotopic (exact) mass is 606 g/mol. The van der Waals surface area contributed by atoms with E-state index in [2.05, 4.69) is 16.0 Å². The van der Waals surface area contributed by atoms with Gasteiger partial charge in [-0.15, -0.1) is 0 Å². The van der Waals surface area contributed by atoms with Crippen LogP contribution < -0.4 is 20.7 Å². The van der Waals surface area contributed by atoms with E-state index in [1.165, 1.54) is 23.3 Å². The lowest BCUT2D eigenvalue weighted by Crippen LogP contribution is -2.57. The fraction of sp³-hybridized carbons (Fsp3) is 0.469. The minimum Gasteiger partial charge on any atom is -0.484 e. The Morgan fingerprint density at radius 3 is 2.44 bits per heavy atom. The summed E-state index contributed by atoms with van der Waals surface area (Å²) in [4.78, 5) is 67.1. The predicted molar refractivity (Wildman–Crippen MR) is 157 cm³/mol. The highest BCUT2D eigenvalue weighted by atomic mass is 35.5. The number of fused-ring (bicyclic) bond motifs is 1. The van der Waals surface area contributed by atoms with Gasteiger partial charge in [0.05, 0.1) is 6.04 Å². The third kappa shape index (κ3) is 7.01. The normalized spacial score (nSPS) is 21.8. The van der Waals surface area contributed by atoms with Gasteiger partial charge in [0, 0.05) is 36.5 Å². The van der Waals surface area contributed by atoms with E-state index in [9.17, 15) is 24.0 Å². The fourth-order valence-corrected chi connectivity index (χ4v) is 6.02. The number of hydrogen-bond acceptors (Lipinski definition) is 6. The smallest absolute Gasteiger partial charge is 0.289 e. The maximum Gasteiger partial charge on any atom is 0.289 e. The van der Waals surface area contributed by atoms with Gasteiger partial charge in [-0.1, -0.05) is 29.8 Å². The number of carbonyl (C=O) groups excluding carboxylic acids is 5. The second-order valence-corrected chi connectivity index (χ2v) is 12.4. The highest BCUT2D eigenvalue weighted by molar-refractivity contribution is 6.38. The Morgan fingerprint density at radius 1 is 1.00 bits per heavy atom. The van der Waals surface area contributed by atoms with Crippen LogP contribution in [0.5, 0.6) is 5.75 Å². The number of ketones is 1. The van der Waals surface area contributed by atoms with E-state index < -0.39 is 41.5 Å². The molecule has 43 heavy (non-hydrogen) atoms. The molecule has 3 N–H and O–H groups in total. The van der Waals surface area contributed by atoms with Crippen LogP contribution in [0, 0.1) is 5.92 Å². The highest BCUT2D eigenvalue weighted by Gasteiger charge is 2.40. The predicted octanol–water partition coefficient (Wildman–Crippen LogP) is 2.41. The molecule has 4 amide bonds. The van der Waals surface area contributed by atoms with Crippen LogP contribution in [0.25, 0.3) is 0 Å². The molecule has 2 aromatic rings. The number of amides is 4. The standard InChI is InChI=1S/C32H35ClN4O6/c33-23-6-3-21-16-37(28(38)17-43-25-9-4-19(5-10-25)18-1-2-18)27(15-22(21)13-23)31(41)36-26(14-20-11-12-34-30(20)40)29(39)32(42)35-24-7-8-24/h3-6,9-10,13,18,20,24,26-27H,1-2,7-8,11-12,14-17H2,(H,34,40)(H,35,42)(H,36,41)/t20-,26-,27-/m0/s1. The van der Waals surface area contributed by atoms with E-state index in [-0.39, 0.29) is 37.9 Å². The summed E-state index contributed by atoms with van der Waals surface area (Å²) in [6.07, 6.45) is 4.65. The van der Waals surface area contributed by atoms with E-state index >= 15 is 0 Å². The summed E-state index contributed by atoms with van der Waals surface area (Å²) in [5.41, 5.74) is 2.93. The van der Waals surface area contributed by atoms with Crippen molar-refractivity contribution in [2.24, 2.45) is 5.92 Å². The van der Waals surface area contributed by atoms with Crippen LogP contribution in [-0.4, -0.2) is 65.6 Å². The average Bonchev–Trinajstić information content (AvgIpc) is 3.94. The van der Waals surface area contributed by atoms with Crippen LogP contribution in [0.2, 0.25) is 5.02 Å². The molecule has 0 spiro atoms. The molecule has 11 heteroatoms. The van der Waals surface area contributed by atoms with E-state index in [1.807, 2.05) is 30.3 Å². The van der Waals surface area contributed by atoms with Gasteiger partial charge in [-0.3, -0.25) is 24.0 Å². The van der Waals surface area contributed by atoms with Crippen LogP contribution in [-0.2, 0) is 36.9 Å². The summed E-state index contributed by atoms with van der Waals surface area (Å²) < 4.78 is 5.81. The third-order valence-electron chi connectivity index (χ3n) is 8.67. The molecule has 0 bridgehead atoms. The van der Waals surface area contributed by atoms with E-state index in [4.69, 9.17) is 16.3 Å². The van der Waals surface area contributed by atoms with Gasteiger partial charge < -0.3 is 25.6 Å². The lowest BCUT2D eigenvalue weighted by Gasteiger charge is -2.36. The molecular formula is C32H35ClN4O6. The van der Waals surface area contributed by atoms with Gasteiger partial charge in [-0.2, -0.15) is 0 Å². The second kappa shape index (κ2) is 12.4. The number of Topliss-reactive ketones (excluding diaryl/α,β-unsaturated/α-hetero) is 1. The molecule has 6 rings (SSSR count). The summed E-state index contributed by atoms with van der Waals surface area (Å²) in [5, 5.41) is 8.66. The molecular weight excluding hydrogens is 572 g/mol. The van der Waals surface area contributed by atoms with Gasteiger partial charge in [0.15, 0.2) is 6.61 Å². The number of nitrogens with zero attached hydrogens (tertiary/aromatic N) is 1. The lowest BCUT2D eigenvalue weighted by molar-refractivity contribution is -0.145. The van der Waals surface area contributed by atoms with Crippen LogP contribution >= 0.6 is 11.6 Å². The van der Waals surface area contributed by atoms with Crippen LogP contribution in [0.3, 0.4) is 0 Å². The number of rotatable bonds is 11. The highest BCUT2D eigenvalue weighted by Crippen LogP contribution is 2.40. The van der Waals surface area contributed by atoms with Gasteiger partial charge >= 0.3 is 0 Å². The number of hydrogen-bond donors (Lipinski definition) is 3. The summed E-state index contributed by atoms with van der Waals surface area (Å²) >= 11 is 6.24. The van der Waals surface area contributed by atoms with Crippen molar-refractivity contribution in [3.63, 3.8) is 0 Å². The zero-order valence-corrected chi connectivity index (χ0v) is 24.5. The Morgan fingerprint density at radius 2 is 1.77 bits per heavy atom. The number of benzene rings is 2. The summed E-state index contributed by atoms with van der Waals surface area (Å²) in [5.74, 6) is -2.10. The zero-order chi connectivity index (χ0) is 30.1. The zero-order valence-electron chi connectivity index (χ0n) is 23.8. The Kier molecular flexibility index (Phi) is 8.38. The molecule has 1 saturated heterocycles. The minimum absolute atomic E-state index is 0.00244. The summed E-state index contributed by atoms with van der Waals surface area (Å²) in [6.45, 7) is 0.349. The maximum atomic E-state index is 13.9. The quantitative estimate of drug-likeness (QED) is 0.337. The summed E-state index contributed by atoms with van der Waals surface area (Å²) in [7, 11) is 0. The van der Waals surface area contributed by atoms with Crippen molar-refractivity contribution in [2.75, 3.05) is 13.2 Å². The molecule has 3 atom stereocenters. The molecule has 2 aromatic carbocycles. The molecule has 0 unspecified atom stereocenters. The first-order valence-corrected chi connectivity index (χ1v) is 15.4. The van der Waals surface area contributed by atoms with Crippen molar-refractivity contribution in [2.45, 2.75) is 75.5 Å². The van der Waals surface area contributed by atoms with Crippen molar-refractivity contribution < 1.29 is 28.7 Å². The van der Waals surface area contributed by atoms with Crippen molar-refractivity contribution in [3.05, 3.63) is 64.2 Å². The minimum atomic E-state index is -1.21. The van der Waals surface area contributed by atoms with Crippen molar-refractivity contribution in [1.82, 2.24) is 20.9 Å². The number of carbonyl (C=O) groups is 5. The first-order chi connectivity index (χ1) is 20.7. The topological polar surface area (TPSA) is 134 Å². The molecule has 2 heterocycles. The molecule has 10 nitrogen and oxygen atoms in total. The Labute approximate surface area is 254 Å². The first kappa shape index (κ1) is 29.2. The van der Waals surface area contributed by atoms with Gasteiger partial charge in [0.1, 0.15) is 11.8 Å². The first-order valence-electron chi connectivity index (χ1n) is 15.0. The molecule has 2 saturated carbocycles. The SMILES string of the molecule is O=C(NC1CC1)C(=O)[C@H](C[C@@H]1CCNC1=O)NC(=O)[C@@H]1Cc2cc(Cl)ccc2CN1C(=O)COc1ccc(C2CC2)cc1. The van der Waals surface area contributed by atoms with Gasteiger partial charge in [0.25, 0.3) is 11.8 Å². The Bertz CT molecular complexity index is 1440. The average molecular weight is 607 g/mol. The van der Waals surface area contributed by atoms with Gasteiger partial charge in [-0.25, -0.2) is 0 Å².